The Morgan fingerprint density at radius 1 is 1.30 bits per heavy atom. The zero-order valence-corrected chi connectivity index (χ0v) is 16.9. The average molecular weight is 406 g/mol. The van der Waals surface area contributed by atoms with Gasteiger partial charge in [-0.15, -0.1) is 6.58 Å². The molecule has 27 heavy (non-hydrogen) atoms. The topological polar surface area (TPSA) is 53.1 Å². The number of thioether (sulfide) groups is 1. The molecule has 8 heteroatoms. The SMILES string of the molecule is C=CCN1C(=O)C(CC(=O)N2CCN(c3ccc(OC)cc3)CC2)SC1=S. The minimum Gasteiger partial charge on any atom is -0.497 e. The summed E-state index contributed by atoms with van der Waals surface area (Å²) < 4.78 is 5.72. The highest BCUT2D eigenvalue weighted by Crippen LogP contribution is 2.30. The van der Waals surface area contributed by atoms with Gasteiger partial charge in [-0.25, -0.2) is 0 Å². The summed E-state index contributed by atoms with van der Waals surface area (Å²) in [5.74, 6) is 0.753. The molecule has 0 aliphatic carbocycles. The number of anilines is 1. The second-order valence-corrected chi connectivity index (χ2v) is 8.22. The first-order valence-corrected chi connectivity index (χ1v) is 10.1. The van der Waals surface area contributed by atoms with Crippen LogP contribution in [0.1, 0.15) is 6.42 Å². The molecule has 2 saturated heterocycles. The van der Waals surface area contributed by atoms with Crippen molar-refractivity contribution in [3.63, 3.8) is 0 Å². The number of ether oxygens (including phenoxy) is 1. The number of benzene rings is 1. The van der Waals surface area contributed by atoms with Gasteiger partial charge in [-0.3, -0.25) is 14.5 Å². The first kappa shape index (κ1) is 19.7. The summed E-state index contributed by atoms with van der Waals surface area (Å²) in [6.45, 7) is 6.88. The zero-order valence-electron chi connectivity index (χ0n) is 15.3. The van der Waals surface area contributed by atoms with Crippen molar-refractivity contribution in [2.24, 2.45) is 0 Å². The molecule has 2 heterocycles. The fourth-order valence-corrected chi connectivity index (χ4v) is 4.72. The first-order chi connectivity index (χ1) is 13.0. The van der Waals surface area contributed by atoms with Crippen molar-refractivity contribution in [1.29, 1.82) is 0 Å². The summed E-state index contributed by atoms with van der Waals surface area (Å²) in [7, 11) is 1.65. The van der Waals surface area contributed by atoms with E-state index in [1.54, 1.807) is 13.2 Å². The number of nitrogens with zero attached hydrogens (tertiary/aromatic N) is 3. The molecule has 1 aromatic rings. The Balaban J connectivity index is 1.52. The van der Waals surface area contributed by atoms with E-state index in [-0.39, 0.29) is 18.2 Å². The molecular formula is C19H23N3O3S2. The third-order valence-electron chi connectivity index (χ3n) is 4.75. The molecule has 0 radical (unpaired) electrons. The van der Waals surface area contributed by atoms with E-state index < -0.39 is 5.25 Å². The highest BCUT2D eigenvalue weighted by atomic mass is 32.2. The van der Waals surface area contributed by atoms with Gasteiger partial charge in [0.05, 0.1) is 12.4 Å². The Labute approximate surface area is 169 Å². The van der Waals surface area contributed by atoms with Gasteiger partial charge in [0.1, 0.15) is 10.1 Å². The summed E-state index contributed by atoms with van der Waals surface area (Å²) in [5, 5.41) is -0.412. The van der Waals surface area contributed by atoms with Crippen LogP contribution in [0.3, 0.4) is 0 Å². The quantitative estimate of drug-likeness (QED) is 0.534. The maximum atomic E-state index is 12.6. The van der Waals surface area contributed by atoms with Crippen molar-refractivity contribution in [2.45, 2.75) is 11.7 Å². The van der Waals surface area contributed by atoms with Crippen LogP contribution >= 0.6 is 24.0 Å². The molecule has 1 aromatic carbocycles. The number of carbonyl (C=O) groups is 2. The number of amides is 2. The van der Waals surface area contributed by atoms with Crippen LogP contribution < -0.4 is 9.64 Å². The number of carbonyl (C=O) groups excluding carboxylic acids is 2. The van der Waals surface area contributed by atoms with Gasteiger partial charge >= 0.3 is 0 Å². The second-order valence-electron chi connectivity index (χ2n) is 6.38. The molecule has 144 valence electrons. The van der Waals surface area contributed by atoms with Crippen molar-refractivity contribution < 1.29 is 14.3 Å². The molecule has 3 rings (SSSR count). The fraction of sp³-hybridized carbons (Fsp3) is 0.421. The Hall–Kier alpha value is -2.06. The lowest BCUT2D eigenvalue weighted by atomic mass is 10.2. The third kappa shape index (κ3) is 4.44. The van der Waals surface area contributed by atoms with Crippen LogP contribution in [-0.4, -0.2) is 71.0 Å². The van der Waals surface area contributed by atoms with E-state index in [1.165, 1.54) is 16.7 Å². The number of methoxy groups -OCH3 is 1. The summed E-state index contributed by atoms with van der Waals surface area (Å²) in [4.78, 5) is 30.6. The monoisotopic (exact) mass is 405 g/mol. The minimum absolute atomic E-state index is 0.0125. The molecule has 1 unspecified atom stereocenters. The largest absolute Gasteiger partial charge is 0.497 e. The van der Waals surface area contributed by atoms with Crippen molar-refractivity contribution in [3.8, 4) is 5.75 Å². The summed E-state index contributed by atoms with van der Waals surface area (Å²) in [6, 6.07) is 7.93. The second kappa shape index (κ2) is 8.75. The van der Waals surface area contributed by atoms with E-state index >= 15 is 0 Å². The standard InChI is InChI=1S/C19H23N3O3S2/c1-3-8-22-18(24)16(27-19(22)26)13-17(23)21-11-9-20(10-12-21)14-4-6-15(25-2)7-5-14/h3-7,16H,1,8-13H2,2H3. The average Bonchev–Trinajstić information content (AvgIpc) is 2.96. The zero-order chi connectivity index (χ0) is 19.4. The predicted molar refractivity (Wildman–Crippen MR) is 112 cm³/mol. The van der Waals surface area contributed by atoms with E-state index in [0.717, 1.165) is 24.5 Å². The van der Waals surface area contributed by atoms with Crippen LogP contribution in [0.2, 0.25) is 0 Å². The van der Waals surface area contributed by atoms with E-state index in [2.05, 4.69) is 11.5 Å². The molecule has 2 amide bonds. The van der Waals surface area contributed by atoms with Crippen LogP contribution in [-0.2, 0) is 9.59 Å². The maximum absolute atomic E-state index is 12.6. The Morgan fingerprint density at radius 3 is 2.56 bits per heavy atom. The maximum Gasteiger partial charge on any atom is 0.242 e. The van der Waals surface area contributed by atoms with Crippen LogP contribution in [0.15, 0.2) is 36.9 Å². The van der Waals surface area contributed by atoms with Gasteiger partial charge < -0.3 is 14.5 Å². The third-order valence-corrected chi connectivity index (χ3v) is 6.33. The normalized spacial score (nSPS) is 20.2. The molecule has 6 nitrogen and oxygen atoms in total. The molecule has 2 fully saturated rings. The number of rotatable bonds is 6. The van der Waals surface area contributed by atoms with Gasteiger partial charge in [0.25, 0.3) is 0 Å². The van der Waals surface area contributed by atoms with Crippen LogP contribution in [0.25, 0.3) is 0 Å². The number of hydrogen-bond donors (Lipinski definition) is 0. The number of piperazine rings is 1. The Bertz CT molecular complexity index is 730. The predicted octanol–water partition coefficient (Wildman–Crippen LogP) is 2.15. The molecular weight excluding hydrogens is 382 g/mol. The van der Waals surface area contributed by atoms with Crippen LogP contribution in [0, 0.1) is 0 Å². The van der Waals surface area contributed by atoms with Gasteiger partial charge in [0.15, 0.2) is 0 Å². The van der Waals surface area contributed by atoms with Crippen molar-refractivity contribution in [3.05, 3.63) is 36.9 Å². The Morgan fingerprint density at radius 2 is 1.96 bits per heavy atom. The van der Waals surface area contributed by atoms with Gasteiger partial charge in [0, 0.05) is 44.8 Å². The molecule has 0 saturated carbocycles. The summed E-state index contributed by atoms with van der Waals surface area (Å²) in [5.41, 5.74) is 1.12. The lowest BCUT2D eigenvalue weighted by Gasteiger charge is -2.36. The molecule has 1 atom stereocenters. The first-order valence-electron chi connectivity index (χ1n) is 8.83. The minimum atomic E-state index is -0.412. The molecule has 0 N–H and O–H groups in total. The van der Waals surface area contributed by atoms with Gasteiger partial charge in [-0.2, -0.15) is 0 Å². The highest BCUT2D eigenvalue weighted by molar-refractivity contribution is 8.24. The van der Waals surface area contributed by atoms with Gasteiger partial charge in [0.2, 0.25) is 11.8 Å². The molecule has 2 aliphatic rings. The lowest BCUT2D eigenvalue weighted by Crippen LogP contribution is -2.49. The molecule has 2 aliphatic heterocycles. The van der Waals surface area contributed by atoms with Crippen LogP contribution in [0.4, 0.5) is 5.69 Å². The van der Waals surface area contributed by atoms with Crippen LogP contribution in [0.5, 0.6) is 5.75 Å². The number of hydrogen-bond acceptors (Lipinski definition) is 6. The number of thiocarbonyl (C=S) groups is 1. The smallest absolute Gasteiger partial charge is 0.242 e. The highest BCUT2D eigenvalue weighted by Gasteiger charge is 2.38. The van der Waals surface area contributed by atoms with E-state index in [9.17, 15) is 9.59 Å². The van der Waals surface area contributed by atoms with Gasteiger partial charge in [-0.05, 0) is 24.3 Å². The van der Waals surface area contributed by atoms with E-state index in [0.29, 0.717) is 24.0 Å². The van der Waals surface area contributed by atoms with E-state index in [4.69, 9.17) is 17.0 Å². The van der Waals surface area contributed by atoms with Gasteiger partial charge in [-0.1, -0.05) is 30.1 Å². The van der Waals surface area contributed by atoms with Crippen molar-refractivity contribution >= 4 is 45.8 Å². The van der Waals surface area contributed by atoms with E-state index in [1.807, 2.05) is 29.2 Å². The van der Waals surface area contributed by atoms with Crippen molar-refractivity contribution in [2.75, 3.05) is 44.7 Å². The lowest BCUT2D eigenvalue weighted by molar-refractivity contribution is -0.134. The molecule has 0 bridgehead atoms. The Kier molecular flexibility index (Phi) is 6.38. The molecule has 0 aromatic heterocycles. The summed E-state index contributed by atoms with van der Waals surface area (Å²) >= 11 is 6.54. The molecule has 0 spiro atoms. The van der Waals surface area contributed by atoms with Crippen molar-refractivity contribution in [1.82, 2.24) is 9.80 Å². The summed E-state index contributed by atoms with van der Waals surface area (Å²) in [6.07, 6.45) is 1.84. The fourth-order valence-electron chi connectivity index (χ4n) is 3.22.